The van der Waals surface area contributed by atoms with Gasteiger partial charge in [-0.1, -0.05) is 12.1 Å². The van der Waals surface area contributed by atoms with Crippen molar-refractivity contribution in [1.29, 1.82) is 0 Å². The lowest BCUT2D eigenvalue weighted by Gasteiger charge is -2.07. The first-order valence-corrected chi connectivity index (χ1v) is 5.05. The van der Waals surface area contributed by atoms with Crippen LogP contribution in [0.3, 0.4) is 0 Å². The van der Waals surface area contributed by atoms with Crippen molar-refractivity contribution >= 4 is 15.9 Å². The zero-order valence-corrected chi connectivity index (χ0v) is 9.08. The molecule has 3 heteroatoms. The summed E-state index contributed by atoms with van der Waals surface area (Å²) in [6.45, 7) is 1.76. The maximum absolute atomic E-state index is 9.36. The summed E-state index contributed by atoms with van der Waals surface area (Å²) in [7, 11) is 0. The number of phenols is 1. The third kappa shape index (κ3) is 3.01. The number of aliphatic hydroxyl groups excluding tert-OH is 1. The quantitative estimate of drug-likeness (QED) is 0.858. The molecule has 0 bridgehead atoms. The molecule has 0 saturated carbocycles. The van der Waals surface area contributed by atoms with Crippen LogP contribution in [-0.2, 0) is 6.42 Å². The van der Waals surface area contributed by atoms with Crippen LogP contribution in [0.1, 0.15) is 18.9 Å². The van der Waals surface area contributed by atoms with Crippen LogP contribution in [0.2, 0.25) is 0 Å². The summed E-state index contributed by atoms with van der Waals surface area (Å²) in [6.07, 6.45) is 1.18. The molecule has 0 saturated heterocycles. The molecule has 2 nitrogen and oxygen atoms in total. The first-order valence-electron chi connectivity index (χ1n) is 4.25. The van der Waals surface area contributed by atoms with E-state index in [0.717, 1.165) is 16.5 Å². The van der Waals surface area contributed by atoms with Crippen molar-refractivity contribution in [1.82, 2.24) is 0 Å². The Bertz CT molecular complexity index is 284. The Morgan fingerprint density at radius 3 is 2.77 bits per heavy atom. The number of aryl methyl sites for hydroxylation is 1. The maximum Gasteiger partial charge on any atom is 0.130 e. The molecule has 1 atom stereocenters. The van der Waals surface area contributed by atoms with E-state index in [1.807, 2.05) is 6.07 Å². The van der Waals surface area contributed by atoms with Crippen molar-refractivity contribution in [3.63, 3.8) is 0 Å². The largest absolute Gasteiger partial charge is 0.507 e. The van der Waals surface area contributed by atoms with E-state index < -0.39 is 0 Å². The Hall–Kier alpha value is -0.540. The van der Waals surface area contributed by atoms with Crippen LogP contribution in [0.15, 0.2) is 22.7 Å². The van der Waals surface area contributed by atoms with Crippen molar-refractivity contribution in [2.45, 2.75) is 25.9 Å². The number of halogens is 1. The minimum atomic E-state index is -0.297. The Morgan fingerprint density at radius 1 is 1.46 bits per heavy atom. The van der Waals surface area contributed by atoms with E-state index in [-0.39, 0.29) is 11.9 Å². The van der Waals surface area contributed by atoms with Gasteiger partial charge in [0.15, 0.2) is 0 Å². The third-order valence-electron chi connectivity index (χ3n) is 1.89. The molecular formula is C10H13BrO2. The van der Waals surface area contributed by atoms with E-state index in [2.05, 4.69) is 15.9 Å². The molecule has 0 amide bonds. The predicted molar refractivity (Wildman–Crippen MR) is 55.8 cm³/mol. The van der Waals surface area contributed by atoms with E-state index in [1.165, 1.54) is 0 Å². The second-order valence-electron chi connectivity index (χ2n) is 3.14. The minimum absolute atomic E-state index is 0.253. The van der Waals surface area contributed by atoms with Crippen LogP contribution in [0, 0.1) is 0 Å². The smallest absolute Gasteiger partial charge is 0.130 e. The minimum Gasteiger partial charge on any atom is -0.507 e. The van der Waals surface area contributed by atoms with Gasteiger partial charge in [-0.3, -0.25) is 0 Å². The molecule has 0 unspecified atom stereocenters. The highest BCUT2D eigenvalue weighted by Gasteiger charge is 2.05. The lowest BCUT2D eigenvalue weighted by molar-refractivity contribution is 0.185. The molecule has 0 fully saturated rings. The molecule has 0 aliphatic rings. The molecule has 1 rings (SSSR count). The summed E-state index contributed by atoms with van der Waals surface area (Å²) in [4.78, 5) is 0. The van der Waals surface area contributed by atoms with Gasteiger partial charge in [0.05, 0.1) is 10.6 Å². The van der Waals surface area contributed by atoms with Crippen molar-refractivity contribution in [3.05, 3.63) is 28.2 Å². The zero-order chi connectivity index (χ0) is 9.84. The van der Waals surface area contributed by atoms with Crippen LogP contribution in [-0.4, -0.2) is 16.3 Å². The number of rotatable bonds is 3. The average molecular weight is 245 g/mol. The van der Waals surface area contributed by atoms with Crippen LogP contribution in [0.25, 0.3) is 0 Å². The Kier molecular flexibility index (Phi) is 3.75. The first kappa shape index (κ1) is 10.5. The maximum atomic E-state index is 9.36. The molecule has 1 aromatic carbocycles. The number of hydrogen-bond acceptors (Lipinski definition) is 2. The topological polar surface area (TPSA) is 40.5 Å². The van der Waals surface area contributed by atoms with E-state index >= 15 is 0 Å². The molecule has 72 valence electrons. The molecule has 2 N–H and O–H groups in total. The fraction of sp³-hybridized carbons (Fsp3) is 0.400. The molecule has 1 aromatic rings. The van der Waals surface area contributed by atoms with Gasteiger partial charge in [0.1, 0.15) is 5.75 Å². The monoisotopic (exact) mass is 244 g/mol. The number of aliphatic hydroxyl groups is 1. The van der Waals surface area contributed by atoms with E-state index in [0.29, 0.717) is 6.42 Å². The lowest BCUT2D eigenvalue weighted by Crippen LogP contribution is -2.01. The molecule has 0 radical (unpaired) electrons. The fourth-order valence-electron chi connectivity index (χ4n) is 1.12. The summed E-state index contributed by atoms with van der Waals surface area (Å²) in [5.41, 5.74) is 1.03. The highest BCUT2D eigenvalue weighted by Crippen LogP contribution is 2.28. The summed E-state index contributed by atoms with van der Waals surface area (Å²) in [6, 6.07) is 5.37. The standard InChI is InChI=1S/C10H13BrO2/c1-7(12)5-6-8-3-2-4-9(13)10(8)11/h2-4,7,12-13H,5-6H2,1H3/t7-/m0/s1. The van der Waals surface area contributed by atoms with E-state index in [4.69, 9.17) is 5.11 Å². The van der Waals surface area contributed by atoms with Gasteiger partial charge in [-0.25, -0.2) is 0 Å². The zero-order valence-electron chi connectivity index (χ0n) is 7.50. The molecule has 0 aliphatic carbocycles. The summed E-state index contributed by atoms with van der Waals surface area (Å²) in [5.74, 6) is 0.253. The number of aromatic hydroxyl groups is 1. The summed E-state index contributed by atoms with van der Waals surface area (Å²) in [5, 5.41) is 18.5. The van der Waals surface area contributed by atoms with Crippen molar-refractivity contribution < 1.29 is 10.2 Å². The number of hydrogen-bond donors (Lipinski definition) is 2. The van der Waals surface area contributed by atoms with Crippen molar-refractivity contribution in [3.8, 4) is 5.75 Å². The summed E-state index contributed by atoms with van der Waals surface area (Å²) >= 11 is 3.30. The Labute approximate surface area is 86.3 Å². The molecule has 0 heterocycles. The van der Waals surface area contributed by atoms with Gasteiger partial charge >= 0.3 is 0 Å². The first-order chi connectivity index (χ1) is 6.11. The van der Waals surface area contributed by atoms with Gasteiger partial charge in [0, 0.05) is 0 Å². The van der Waals surface area contributed by atoms with Crippen LogP contribution >= 0.6 is 15.9 Å². The van der Waals surface area contributed by atoms with Gasteiger partial charge in [-0.2, -0.15) is 0 Å². The average Bonchev–Trinajstić information content (AvgIpc) is 2.07. The van der Waals surface area contributed by atoms with Crippen LogP contribution < -0.4 is 0 Å². The molecule has 0 spiro atoms. The third-order valence-corrected chi connectivity index (χ3v) is 2.81. The molecule has 0 aliphatic heterocycles. The molecule has 0 aromatic heterocycles. The molecule has 13 heavy (non-hydrogen) atoms. The lowest BCUT2D eigenvalue weighted by atomic mass is 10.1. The Morgan fingerprint density at radius 2 is 2.15 bits per heavy atom. The number of phenolic OH excluding ortho intramolecular Hbond substituents is 1. The fourth-order valence-corrected chi connectivity index (χ4v) is 1.59. The van der Waals surface area contributed by atoms with Crippen LogP contribution in [0.5, 0.6) is 5.75 Å². The van der Waals surface area contributed by atoms with E-state index in [9.17, 15) is 5.11 Å². The highest BCUT2D eigenvalue weighted by molar-refractivity contribution is 9.10. The van der Waals surface area contributed by atoms with Gasteiger partial charge < -0.3 is 10.2 Å². The normalized spacial score (nSPS) is 12.8. The second-order valence-corrected chi connectivity index (χ2v) is 3.93. The predicted octanol–water partition coefficient (Wildman–Crippen LogP) is 2.47. The van der Waals surface area contributed by atoms with Gasteiger partial charge in [-0.05, 0) is 47.3 Å². The Balaban J connectivity index is 2.71. The van der Waals surface area contributed by atoms with Gasteiger partial charge in [0.25, 0.3) is 0 Å². The second kappa shape index (κ2) is 4.63. The van der Waals surface area contributed by atoms with Crippen molar-refractivity contribution in [2.75, 3.05) is 0 Å². The van der Waals surface area contributed by atoms with Gasteiger partial charge in [-0.15, -0.1) is 0 Å². The number of benzene rings is 1. The molecular weight excluding hydrogens is 232 g/mol. The van der Waals surface area contributed by atoms with Gasteiger partial charge in [0.2, 0.25) is 0 Å². The van der Waals surface area contributed by atoms with Crippen LogP contribution in [0.4, 0.5) is 0 Å². The van der Waals surface area contributed by atoms with E-state index in [1.54, 1.807) is 19.1 Å². The van der Waals surface area contributed by atoms with Crippen molar-refractivity contribution in [2.24, 2.45) is 0 Å². The highest BCUT2D eigenvalue weighted by atomic mass is 79.9. The summed E-state index contributed by atoms with van der Waals surface area (Å²) < 4.78 is 0.732. The SMILES string of the molecule is C[C@H](O)CCc1cccc(O)c1Br.